The van der Waals surface area contributed by atoms with E-state index in [1.807, 2.05) is 0 Å². The molecule has 2 fully saturated rings. The maximum Gasteiger partial charge on any atom is 0.335 e. The first kappa shape index (κ1) is 12.6. The average Bonchev–Trinajstić information content (AvgIpc) is 2.25. The number of carboxylic acids is 1. The molecule has 3 rings (SSSR count). The number of benzene rings is 1. The Hall–Kier alpha value is -1.44. The Bertz CT molecular complexity index is 627. The highest BCUT2D eigenvalue weighted by molar-refractivity contribution is 7.89. The predicted molar refractivity (Wildman–Crippen MR) is 65.4 cm³/mol. The van der Waals surface area contributed by atoms with Gasteiger partial charge in [0.25, 0.3) is 0 Å². The molecule has 1 aromatic carbocycles. The van der Waals surface area contributed by atoms with Crippen molar-refractivity contribution in [1.29, 1.82) is 0 Å². The van der Waals surface area contributed by atoms with Crippen LogP contribution in [0.3, 0.4) is 0 Å². The Morgan fingerprint density at radius 2 is 2.00 bits per heavy atom. The summed E-state index contributed by atoms with van der Waals surface area (Å²) in [7, 11) is -3.59. The minimum absolute atomic E-state index is 0.00250. The van der Waals surface area contributed by atoms with Gasteiger partial charge in [0.1, 0.15) is 0 Å². The normalized spacial score (nSPS) is 21.7. The second kappa shape index (κ2) is 4.03. The summed E-state index contributed by atoms with van der Waals surface area (Å²) >= 11 is 0. The number of sulfonamides is 1. The van der Waals surface area contributed by atoms with Crippen LogP contribution >= 0.6 is 0 Å². The molecule has 0 bridgehead atoms. The van der Waals surface area contributed by atoms with E-state index in [1.54, 1.807) is 0 Å². The first-order chi connectivity index (χ1) is 8.93. The standard InChI is InChI=1S/C12H13NO5S/c14-11(15)9-2-1-3-10(4-9)19(16,17)13-5-12(6-13)7-18-8-12/h1-4H,5-8H2,(H,14,15). The predicted octanol–water partition coefficient (Wildman–Crippen LogP) is 0.406. The maximum atomic E-state index is 12.3. The summed E-state index contributed by atoms with van der Waals surface area (Å²) in [5, 5.41) is 8.89. The molecule has 19 heavy (non-hydrogen) atoms. The lowest BCUT2D eigenvalue weighted by Crippen LogP contribution is -2.66. The summed E-state index contributed by atoms with van der Waals surface area (Å²) < 4.78 is 31.1. The van der Waals surface area contributed by atoms with Crippen LogP contribution in [0.15, 0.2) is 29.2 Å². The van der Waals surface area contributed by atoms with Gasteiger partial charge in [-0.25, -0.2) is 13.2 Å². The van der Waals surface area contributed by atoms with Crippen molar-refractivity contribution in [2.75, 3.05) is 26.3 Å². The number of rotatable bonds is 3. The highest BCUT2D eigenvalue weighted by Gasteiger charge is 2.53. The van der Waals surface area contributed by atoms with Gasteiger partial charge >= 0.3 is 5.97 Å². The van der Waals surface area contributed by atoms with Gasteiger partial charge < -0.3 is 9.84 Å². The fourth-order valence-electron chi connectivity index (χ4n) is 2.38. The Morgan fingerprint density at radius 3 is 2.53 bits per heavy atom. The Morgan fingerprint density at radius 1 is 1.32 bits per heavy atom. The van der Waals surface area contributed by atoms with Crippen molar-refractivity contribution < 1.29 is 23.1 Å². The van der Waals surface area contributed by atoms with Crippen LogP contribution in [0.2, 0.25) is 0 Å². The maximum absolute atomic E-state index is 12.3. The number of carboxylic acid groups (broad SMARTS) is 1. The van der Waals surface area contributed by atoms with Crippen LogP contribution in [0.25, 0.3) is 0 Å². The second-order valence-corrected chi connectivity index (χ2v) is 7.04. The molecule has 0 saturated carbocycles. The van der Waals surface area contributed by atoms with E-state index >= 15 is 0 Å². The minimum Gasteiger partial charge on any atom is -0.478 e. The van der Waals surface area contributed by atoms with Gasteiger partial charge in [0, 0.05) is 18.5 Å². The fourth-order valence-corrected chi connectivity index (χ4v) is 4.10. The van der Waals surface area contributed by atoms with Crippen LogP contribution in [0.5, 0.6) is 0 Å². The third-order valence-electron chi connectivity index (χ3n) is 3.56. The number of aromatic carboxylic acids is 1. The van der Waals surface area contributed by atoms with Crippen molar-refractivity contribution >= 4 is 16.0 Å². The van der Waals surface area contributed by atoms with Crippen LogP contribution in [0.1, 0.15) is 10.4 Å². The Kier molecular flexibility index (Phi) is 2.67. The molecule has 0 unspecified atom stereocenters. The molecule has 1 aromatic rings. The van der Waals surface area contributed by atoms with E-state index in [4.69, 9.17) is 9.84 Å². The van der Waals surface area contributed by atoms with E-state index in [0.717, 1.165) is 0 Å². The molecular weight excluding hydrogens is 270 g/mol. The van der Waals surface area contributed by atoms with E-state index in [1.165, 1.54) is 28.6 Å². The summed E-state index contributed by atoms with van der Waals surface area (Å²) in [6, 6.07) is 5.43. The monoisotopic (exact) mass is 283 g/mol. The van der Waals surface area contributed by atoms with E-state index < -0.39 is 16.0 Å². The molecule has 2 heterocycles. The summed E-state index contributed by atoms with van der Waals surface area (Å²) in [5.74, 6) is -1.13. The van der Waals surface area contributed by atoms with Gasteiger partial charge in [0.15, 0.2) is 0 Å². The number of ether oxygens (including phenoxy) is 1. The van der Waals surface area contributed by atoms with Crippen LogP contribution in [-0.2, 0) is 14.8 Å². The van der Waals surface area contributed by atoms with Crippen LogP contribution in [0, 0.1) is 5.41 Å². The van der Waals surface area contributed by atoms with Crippen molar-refractivity contribution in [3.8, 4) is 0 Å². The van der Waals surface area contributed by atoms with Gasteiger partial charge in [-0.3, -0.25) is 0 Å². The number of hydrogen-bond donors (Lipinski definition) is 1. The topological polar surface area (TPSA) is 83.9 Å². The second-order valence-electron chi connectivity index (χ2n) is 5.10. The molecule has 0 atom stereocenters. The summed E-state index contributed by atoms with van der Waals surface area (Å²) in [4.78, 5) is 10.9. The molecule has 102 valence electrons. The molecule has 2 saturated heterocycles. The lowest BCUT2D eigenvalue weighted by molar-refractivity contribution is -0.166. The van der Waals surface area contributed by atoms with Gasteiger partial charge in [-0.1, -0.05) is 6.07 Å². The van der Waals surface area contributed by atoms with E-state index in [9.17, 15) is 13.2 Å². The van der Waals surface area contributed by atoms with Crippen molar-refractivity contribution in [1.82, 2.24) is 4.31 Å². The van der Waals surface area contributed by atoms with Gasteiger partial charge in [-0.15, -0.1) is 0 Å². The third-order valence-corrected chi connectivity index (χ3v) is 5.35. The molecular formula is C12H13NO5S. The van der Waals surface area contributed by atoms with Gasteiger partial charge in [0.05, 0.1) is 23.7 Å². The fraction of sp³-hybridized carbons (Fsp3) is 0.417. The molecule has 1 N–H and O–H groups in total. The molecule has 6 nitrogen and oxygen atoms in total. The molecule has 1 spiro atoms. The first-order valence-electron chi connectivity index (χ1n) is 5.84. The summed E-state index contributed by atoms with van der Waals surface area (Å²) in [6.45, 7) is 2.11. The molecule has 0 radical (unpaired) electrons. The van der Waals surface area contributed by atoms with E-state index in [0.29, 0.717) is 26.3 Å². The third kappa shape index (κ3) is 1.94. The number of hydrogen-bond acceptors (Lipinski definition) is 4. The van der Waals surface area contributed by atoms with Crippen molar-refractivity contribution in [3.05, 3.63) is 29.8 Å². The van der Waals surface area contributed by atoms with Gasteiger partial charge in [0.2, 0.25) is 10.0 Å². The van der Waals surface area contributed by atoms with E-state index in [2.05, 4.69) is 0 Å². The summed E-state index contributed by atoms with van der Waals surface area (Å²) in [6.07, 6.45) is 0. The summed E-state index contributed by atoms with van der Waals surface area (Å²) in [5.41, 5.74) is -0.0272. The highest BCUT2D eigenvalue weighted by atomic mass is 32.2. The van der Waals surface area contributed by atoms with Crippen LogP contribution < -0.4 is 0 Å². The SMILES string of the molecule is O=C(O)c1cccc(S(=O)(=O)N2CC3(COC3)C2)c1. The average molecular weight is 283 g/mol. The van der Waals surface area contributed by atoms with Gasteiger partial charge in [-0.2, -0.15) is 4.31 Å². The van der Waals surface area contributed by atoms with Gasteiger partial charge in [-0.05, 0) is 18.2 Å². The van der Waals surface area contributed by atoms with Crippen LogP contribution in [0.4, 0.5) is 0 Å². The minimum atomic E-state index is -3.59. The molecule has 2 aliphatic heterocycles. The van der Waals surface area contributed by atoms with Crippen molar-refractivity contribution in [2.45, 2.75) is 4.90 Å². The highest BCUT2D eigenvalue weighted by Crippen LogP contribution is 2.40. The molecule has 2 aliphatic rings. The van der Waals surface area contributed by atoms with Crippen LogP contribution in [-0.4, -0.2) is 50.1 Å². The zero-order chi connectivity index (χ0) is 13.7. The lowest BCUT2D eigenvalue weighted by Gasteiger charge is -2.53. The lowest BCUT2D eigenvalue weighted by atomic mass is 9.80. The molecule has 7 heteroatoms. The smallest absolute Gasteiger partial charge is 0.335 e. The largest absolute Gasteiger partial charge is 0.478 e. The van der Waals surface area contributed by atoms with E-state index in [-0.39, 0.29) is 15.9 Å². The Labute approximate surface area is 110 Å². The number of nitrogens with zero attached hydrogens (tertiary/aromatic N) is 1. The first-order valence-corrected chi connectivity index (χ1v) is 7.28. The van der Waals surface area contributed by atoms with Crippen molar-refractivity contribution in [2.24, 2.45) is 5.41 Å². The molecule has 0 aliphatic carbocycles. The van der Waals surface area contributed by atoms with Crippen molar-refractivity contribution in [3.63, 3.8) is 0 Å². The Balaban J connectivity index is 1.84. The zero-order valence-corrected chi connectivity index (χ0v) is 10.9. The quantitative estimate of drug-likeness (QED) is 0.868. The molecule has 0 aromatic heterocycles. The molecule has 0 amide bonds. The zero-order valence-electron chi connectivity index (χ0n) is 10.1. The number of carbonyl (C=O) groups is 1.